The van der Waals surface area contributed by atoms with Gasteiger partial charge in [-0.05, 0) is 30.9 Å². The van der Waals surface area contributed by atoms with Gasteiger partial charge < -0.3 is 14.4 Å². The number of hydrogen-bond donors (Lipinski definition) is 2. The number of amides is 1. The Morgan fingerprint density at radius 3 is 3.00 bits per heavy atom. The molecular weight excluding hydrogens is 320 g/mol. The van der Waals surface area contributed by atoms with E-state index in [1.54, 1.807) is 6.20 Å². The topological polar surface area (TPSA) is 75.7 Å². The summed E-state index contributed by atoms with van der Waals surface area (Å²) in [5.41, 5.74) is 7.55. The maximum absolute atomic E-state index is 12.9. The summed E-state index contributed by atoms with van der Waals surface area (Å²) in [6, 6.07) is 4.12. The zero-order valence-electron chi connectivity index (χ0n) is 14.4. The van der Waals surface area contributed by atoms with Crippen molar-refractivity contribution in [2.45, 2.75) is 44.1 Å². The van der Waals surface area contributed by atoms with Crippen molar-refractivity contribution in [3.8, 4) is 0 Å². The Labute approximate surface area is 148 Å². The van der Waals surface area contributed by atoms with Gasteiger partial charge in [-0.2, -0.15) is 0 Å². The number of hydrazine groups is 1. The van der Waals surface area contributed by atoms with Crippen molar-refractivity contribution in [2.24, 2.45) is 5.92 Å². The summed E-state index contributed by atoms with van der Waals surface area (Å²) >= 11 is 0. The third-order valence-electron chi connectivity index (χ3n) is 5.48. The van der Waals surface area contributed by atoms with Gasteiger partial charge in [0.25, 0.3) is 0 Å². The molecule has 4 rings (SSSR count). The van der Waals surface area contributed by atoms with E-state index in [-0.39, 0.29) is 24.0 Å². The van der Waals surface area contributed by atoms with Gasteiger partial charge in [-0.1, -0.05) is 6.07 Å². The van der Waals surface area contributed by atoms with Gasteiger partial charge in [0.15, 0.2) is 0 Å². The Bertz CT molecular complexity index is 577. The molecule has 0 bridgehead atoms. The summed E-state index contributed by atoms with van der Waals surface area (Å²) in [4.78, 5) is 18.9. The van der Waals surface area contributed by atoms with Crippen molar-refractivity contribution in [1.82, 2.24) is 20.7 Å². The highest BCUT2D eigenvalue weighted by Gasteiger charge is 2.43. The Morgan fingerprint density at radius 1 is 1.32 bits per heavy atom. The average molecular weight is 346 g/mol. The highest BCUT2D eigenvalue weighted by molar-refractivity contribution is 5.82. The molecule has 3 fully saturated rings. The van der Waals surface area contributed by atoms with E-state index in [1.807, 2.05) is 23.2 Å². The molecule has 7 heteroatoms. The molecule has 7 nitrogen and oxygen atoms in total. The van der Waals surface area contributed by atoms with Crippen molar-refractivity contribution in [3.05, 3.63) is 30.1 Å². The van der Waals surface area contributed by atoms with Gasteiger partial charge in [0.2, 0.25) is 5.91 Å². The quantitative estimate of drug-likeness (QED) is 0.826. The largest absolute Gasteiger partial charge is 0.381 e. The molecule has 1 aromatic rings. The highest BCUT2D eigenvalue weighted by Crippen LogP contribution is 2.25. The third kappa shape index (κ3) is 3.84. The zero-order valence-corrected chi connectivity index (χ0v) is 14.4. The molecule has 25 heavy (non-hydrogen) atoms. The van der Waals surface area contributed by atoms with Crippen LogP contribution in [0.2, 0.25) is 0 Å². The van der Waals surface area contributed by atoms with Crippen molar-refractivity contribution in [3.63, 3.8) is 0 Å². The van der Waals surface area contributed by atoms with Crippen LogP contribution in [0.25, 0.3) is 0 Å². The number of nitrogens with one attached hydrogen (secondary N) is 2. The molecule has 1 amide bonds. The lowest BCUT2D eigenvalue weighted by Gasteiger charge is -2.35. The maximum Gasteiger partial charge on any atom is 0.241 e. The average Bonchev–Trinajstić information content (AvgIpc) is 3.11. The molecule has 3 aliphatic heterocycles. The van der Waals surface area contributed by atoms with E-state index in [1.165, 1.54) is 0 Å². The number of nitrogens with zero attached hydrogens (tertiary/aromatic N) is 2. The lowest BCUT2D eigenvalue weighted by Crippen LogP contribution is -2.51. The molecule has 0 spiro atoms. The number of rotatable bonds is 4. The van der Waals surface area contributed by atoms with E-state index in [4.69, 9.17) is 9.47 Å². The summed E-state index contributed by atoms with van der Waals surface area (Å²) < 4.78 is 11.5. The summed E-state index contributed by atoms with van der Waals surface area (Å²) in [6.07, 6.45) is 6.55. The molecule has 0 saturated carbocycles. The summed E-state index contributed by atoms with van der Waals surface area (Å²) in [5.74, 6) is 0.428. The molecule has 4 heterocycles. The first kappa shape index (κ1) is 16.9. The summed E-state index contributed by atoms with van der Waals surface area (Å²) in [6.45, 7) is 3.53. The van der Waals surface area contributed by atoms with Crippen LogP contribution in [0, 0.1) is 5.92 Å². The van der Waals surface area contributed by atoms with Crippen LogP contribution in [0.15, 0.2) is 24.5 Å². The number of carbonyl (C=O) groups excluding carboxylic acids is 1. The fourth-order valence-corrected chi connectivity index (χ4v) is 3.95. The Balaban J connectivity index is 1.25. The van der Waals surface area contributed by atoms with Crippen LogP contribution in [0.4, 0.5) is 0 Å². The molecule has 3 aliphatic rings. The Hall–Kier alpha value is -1.54. The monoisotopic (exact) mass is 346 g/mol. The molecule has 0 aliphatic carbocycles. The van der Waals surface area contributed by atoms with Crippen LogP contribution in [-0.2, 0) is 20.9 Å². The van der Waals surface area contributed by atoms with Crippen molar-refractivity contribution < 1.29 is 14.3 Å². The van der Waals surface area contributed by atoms with Crippen molar-refractivity contribution in [1.29, 1.82) is 0 Å². The fourth-order valence-electron chi connectivity index (χ4n) is 3.95. The SMILES string of the molecule is O=C(C1NNC2CCOCC21)N1CCC(OCc2cccnc2)CC1. The number of piperidine rings is 1. The molecule has 0 aromatic carbocycles. The minimum atomic E-state index is -0.168. The van der Waals surface area contributed by atoms with Gasteiger partial charge >= 0.3 is 0 Å². The van der Waals surface area contributed by atoms with Crippen LogP contribution in [0.1, 0.15) is 24.8 Å². The molecule has 136 valence electrons. The molecule has 2 N–H and O–H groups in total. The number of likely N-dealkylation sites (tertiary alicyclic amines) is 1. The van der Waals surface area contributed by atoms with Gasteiger partial charge in [0.05, 0.1) is 19.3 Å². The summed E-state index contributed by atoms with van der Waals surface area (Å²) in [7, 11) is 0. The fraction of sp³-hybridized carbons (Fsp3) is 0.667. The van der Waals surface area contributed by atoms with Gasteiger partial charge in [-0.15, -0.1) is 0 Å². The van der Waals surface area contributed by atoms with E-state index in [9.17, 15) is 4.79 Å². The van der Waals surface area contributed by atoms with E-state index in [0.717, 1.165) is 44.5 Å². The minimum absolute atomic E-state index is 0.168. The predicted octanol–water partition coefficient (Wildman–Crippen LogP) is 0.471. The van der Waals surface area contributed by atoms with Crippen LogP contribution in [-0.4, -0.2) is 60.3 Å². The number of pyridine rings is 1. The van der Waals surface area contributed by atoms with E-state index in [0.29, 0.717) is 19.3 Å². The van der Waals surface area contributed by atoms with Crippen molar-refractivity contribution in [2.75, 3.05) is 26.3 Å². The molecule has 1 aromatic heterocycles. The minimum Gasteiger partial charge on any atom is -0.381 e. The number of aromatic nitrogens is 1. The highest BCUT2D eigenvalue weighted by atomic mass is 16.5. The first-order valence-electron chi connectivity index (χ1n) is 9.19. The van der Waals surface area contributed by atoms with E-state index < -0.39 is 0 Å². The second-order valence-corrected chi connectivity index (χ2v) is 7.10. The number of hydrogen-bond acceptors (Lipinski definition) is 6. The number of fused-ring (bicyclic) bond motifs is 1. The van der Waals surface area contributed by atoms with E-state index in [2.05, 4.69) is 15.8 Å². The Morgan fingerprint density at radius 2 is 2.20 bits per heavy atom. The second-order valence-electron chi connectivity index (χ2n) is 7.10. The van der Waals surface area contributed by atoms with Gasteiger partial charge in [0, 0.05) is 44.0 Å². The molecular formula is C18H26N4O3. The normalized spacial score (nSPS) is 30.2. The lowest BCUT2D eigenvalue weighted by atomic mass is 9.90. The molecule has 3 atom stereocenters. The zero-order chi connectivity index (χ0) is 17.1. The van der Waals surface area contributed by atoms with Crippen molar-refractivity contribution >= 4 is 5.91 Å². The lowest BCUT2D eigenvalue weighted by molar-refractivity contribution is -0.138. The van der Waals surface area contributed by atoms with Crippen LogP contribution in [0.5, 0.6) is 0 Å². The molecule has 3 unspecified atom stereocenters. The van der Waals surface area contributed by atoms with Crippen LogP contribution < -0.4 is 10.9 Å². The number of carbonyl (C=O) groups is 1. The smallest absolute Gasteiger partial charge is 0.241 e. The first-order chi connectivity index (χ1) is 12.3. The van der Waals surface area contributed by atoms with Crippen LogP contribution in [0.3, 0.4) is 0 Å². The van der Waals surface area contributed by atoms with Gasteiger partial charge in [-0.3, -0.25) is 15.2 Å². The van der Waals surface area contributed by atoms with E-state index >= 15 is 0 Å². The molecule has 0 radical (unpaired) electrons. The predicted molar refractivity (Wildman–Crippen MR) is 91.4 cm³/mol. The van der Waals surface area contributed by atoms with Gasteiger partial charge in [0.1, 0.15) is 6.04 Å². The third-order valence-corrected chi connectivity index (χ3v) is 5.48. The summed E-state index contributed by atoms with van der Waals surface area (Å²) in [5, 5.41) is 0. The maximum atomic E-state index is 12.9. The number of ether oxygens (including phenoxy) is 2. The van der Waals surface area contributed by atoms with Crippen LogP contribution >= 0.6 is 0 Å². The molecule has 3 saturated heterocycles. The first-order valence-corrected chi connectivity index (χ1v) is 9.19. The standard InChI is InChI=1S/C18H26N4O3/c23-18(17-15-12-24-9-5-16(15)20-21-17)22-7-3-14(4-8-22)25-11-13-2-1-6-19-10-13/h1-2,6,10,14-17,20-21H,3-5,7-9,11-12H2. The Kier molecular flexibility index (Phi) is 5.26. The van der Waals surface area contributed by atoms with Gasteiger partial charge in [-0.25, -0.2) is 5.43 Å². The second kappa shape index (κ2) is 7.78.